The van der Waals surface area contributed by atoms with Gasteiger partial charge in [0.15, 0.2) is 0 Å². The number of aromatic amines is 1. The van der Waals surface area contributed by atoms with E-state index in [9.17, 15) is 22.1 Å². The number of hydrogen-bond acceptors (Lipinski definition) is 6. The average molecular weight is 488 g/mol. The summed E-state index contributed by atoms with van der Waals surface area (Å²) in [6.45, 7) is 2.59. The molecular formula is C22H25N5O4S2. The number of benzene rings is 2. The Labute approximate surface area is 193 Å². The van der Waals surface area contributed by atoms with Crippen LogP contribution >= 0.6 is 0 Å². The Kier molecular flexibility index (Phi) is 5.84. The van der Waals surface area contributed by atoms with Gasteiger partial charge < -0.3 is 9.88 Å². The summed E-state index contributed by atoms with van der Waals surface area (Å²) in [4.78, 5) is 4.83. The predicted octanol–water partition coefficient (Wildman–Crippen LogP) is 1.99. The summed E-state index contributed by atoms with van der Waals surface area (Å²) in [5.74, 6) is 0. The number of nitrogens with one attached hydrogen (secondary N) is 1. The summed E-state index contributed by atoms with van der Waals surface area (Å²) in [7, 11) is -4.18. The van der Waals surface area contributed by atoms with Crippen molar-refractivity contribution in [2.45, 2.75) is 29.2 Å². The third-order valence-corrected chi connectivity index (χ3v) is 9.04. The third-order valence-electron chi connectivity index (χ3n) is 6.21. The molecular weight excluding hydrogens is 462 g/mol. The fourth-order valence-corrected chi connectivity index (χ4v) is 6.61. The smallest absolute Gasteiger partial charge is 0.243 e. The van der Waals surface area contributed by atoms with Gasteiger partial charge in [0.25, 0.3) is 0 Å². The lowest BCUT2D eigenvalue weighted by atomic mass is 9.99. The minimum Gasteiger partial charge on any atom is -0.359 e. The molecule has 3 aromatic rings. The topological polar surface area (TPSA) is 140 Å². The van der Waals surface area contributed by atoms with Gasteiger partial charge in [0, 0.05) is 41.8 Å². The highest BCUT2D eigenvalue weighted by atomic mass is 32.2. The summed E-state index contributed by atoms with van der Waals surface area (Å²) in [6.07, 6.45) is 2.26. The van der Waals surface area contributed by atoms with Gasteiger partial charge in [-0.2, -0.15) is 9.57 Å². The number of nitrogens with two attached hydrogens (primary N) is 1. The monoisotopic (exact) mass is 487 g/mol. The van der Waals surface area contributed by atoms with Crippen LogP contribution in [0.4, 0.5) is 0 Å². The molecule has 1 unspecified atom stereocenters. The number of nitrogens with zero attached hydrogens (tertiary/aromatic N) is 3. The number of aryl methyl sites for hydroxylation is 1. The standard InChI is InChI=1S/C22H25N5O4S2/c1-14-4-6-18(22-21(14)15(11-23)12-25-22)19-10-17(5-7-20(19)32(24,28)29)33(30,31)27-9-8-16(13-27)26(2)3/h4-7,10,12,16,25H,8-9,13H2,1-3H3,(H2,24,28,29). The van der Waals surface area contributed by atoms with Crippen molar-refractivity contribution in [3.8, 4) is 17.2 Å². The van der Waals surface area contributed by atoms with E-state index in [-0.39, 0.29) is 21.4 Å². The fraction of sp³-hybridized carbons (Fsp3) is 0.318. The summed E-state index contributed by atoms with van der Waals surface area (Å²) >= 11 is 0. The minimum atomic E-state index is -4.15. The summed E-state index contributed by atoms with van der Waals surface area (Å²) < 4.78 is 53.0. The zero-order chi connectivity index (χ0) is 24.1. The van der Waals surface area contributed by atoms with Gasteiger partial charge in [0.2, 0.25) is 20.0 Å². The lowest BCUT2D eigenvalue weighted by Gasteiger charge is -2.21. The number of primary sulfonamides is 1. The number of fused-ring (bicyclic) bond motifs is 1. The second-order valence-electron chi connectivity index (χ2n) is 8.47. The number of likely N-dealkylation sites (N-methyl/N-ethyl adjacent to an activating group) is 1. The summed E-state index contributed by atoms with van der Waals surface area (Å²) in [5, 5.41) is 15.6. The first kappa shape index (κ1) is 23.4. The molecule has 0 radical (unpaired) electrons. The normalized spacial score (nSPS) is 17.6. The van der Waals surface area contributed by atoms with E-state index < -0.39 is 20.0 Å². The Morgan fingerprint density at radius 3 is 2.48 bits per heavy atom. The number of rotatable bonds is 5. The van der Waals surface area contributed by atoms with Crippen molar-refractivity contribution in [1.82, 2.24) is 14.2 Å². The lowest BCUT2D eigenvalue weighted by molar-refractivity contribution is 0.302. The van der Waals surface area contributed by atoms with Crippen LogP contribution < -0.4 is 5.14 Å². The van der Waals surface area contributed by atoms with Gasteiger partial charge in [-0.1, -0.05) is 12.1 Å². The molecule has 1 saturated heterocycles. The van der Waals surface area contributed by atoms with Crippen LogP contribution in [0.25, 0.3) is 22.0 Å². The third kappa shape index (κ3) is 4.05. The van der Waals surface area contributed by atoms with Crippen molar-refractivity contribution >= 4 is 30.9 Å². The van der Waals surface area contributed by atoms with E-state index in [1.165, 1.54) is 22.5 Å². The van der Waals surface area contributed by atoms with Gasteiger partial charge >= 0.3 is 0 Å². The van der Waals surface area contributed by atoms with Gasteiger partial charge in [-0.3, -0.25) is 0 Å². The molecule has 3 N–H and O–H groups in total. The maximum atomic E-state index is 13.4. The molecule has 174 valence electrons. The van der Waals surface area contributed by atoms with Crippen LogP contribution in [0.1, 0.15) is 17.5 Å². The van der Waals surface area contributed by atoms with Gasteiger partial charge in [-0.05, 0) is 51.2 Å². The maximum Gasteiger partial charge on any atom is 0.243 e. The molecule has 0 spiro atoms. The van der Waals surface area contributed by atoms with Crippen molar-refractivity contribution in [2.24, 2.45) is 5.14 Å². The van der Waals surface area contributed by atoms with Gasteiger partial charge in [-0.25, -0.2) is 22.0 Å². The summed E-state index contributed by atoms with van der Waals surface area (Å²) in [6, 6.07) is 9.57. The van der Waals surface area contributed by atoms with E-state index in [1.807, 2.05) is 25.9 Å². The molecule has 0 aliphatic carbocycles. The van der Waals surface area contributed by atoms with E-state index in [0.717, 1.165) is 5.56 Å². The van der Waals surface area contributed by atoms with Crippen LogP contribution in [-0.4, -0.2) is 64.3 Å². The SMILES string of the molecule is Cc1ccc(-c2cc(S(=O)(=O)N3CCC(N(C)C)C3)ccc2S(N)(=O)=O)c2[nH]cc(C#N)c12. The van der Waals surface area contributed by atoms with Crippen molar-refractivity contribution in [2.75, 3.05) is 27.2 Å². The Bertz CT molecular complexity index is 1500. The molecule has 0 amide bonds. The second-order valence-corrected chi connectivity index (χ2v) is 11.9. The molecule has 2 aromatic carbocycles. The molecule has 1 aromatic heterocycles. The molecule has 0 bridgehead atoms. The molecule has 4 rings (SSSR count). The summed E-state index contributed by atoms with van der Waals surface area (Å²) in [5.41, 5.74) is 2.40. The Morgan fingerprint density at radius 1 is 1.15 bits per heavy atom. The van der Waals surface area contributed by atoms with Crippen LogP contribution in [0.15, 0.2) is 46.3 Å². The van der Waals surface area contributed by atoms with Crippen molar-refractivity contribution < 1.29 is 16.8 Å². The van der Waals surface area contributed by atoms with Gasteiger partial charge in [0.05, 0.1) is 20.9 Å². The van der Waals surface area contributed by atoms with E-state index in [0.29, 0.717) is 41.5 Å². The molecule has 2 heterocycles. The molecule has 0 saturated carbocycles. The highest BCUT2D eigenvalue weighted by Gasteiger charge is 2.34. The number of sulfonamides is 2. The molecule has 1 aliphatic heterocycles. The first-order chi connectivity index (χ1) is 15.4. The number of nitriles is 1. The first-order valence-corrected chi connectivity index (χ1v) is 13.3. The van der Waals surface area contributed by atoms with Crippen LogP contribution in [-0.2, 0) is 20.0 Å². The molecule has 9 nitrogen and oxygen atoms in total. The number of aromatic nitrogens is 1. The molecule has 1 atom stereocenters. The van der Waals surface area contributed by atoms with Crippen LogP contribution in [0, 0.1) is 18.3 Å². The van der Waals surface area contributed by atoms with Crippen molar-refractivity contribution in [3.05, 3.63) is 47.7 Å². The van der Waals surface area contributed by atoms with Gasteiger partial charge in [0.1, 0.15) is 6.07 Å². The zero-order valence-corrected chi connectivity index (χ0v) is 20.2. The molecule has 1 aliphatic rings. The zero-order valence-electron chi connectivity index (χ0n) is 18.5. The largest absolute Gasteiger partial charge is 0.359 e. The van der Waals surface area contributed by atoms with E-state index >= 15 is 0 Å². The molecule has 33 heavy (non-hydrogen) atoms. The highest BCUT2D eigenvalue weighted by molar-refractivity contribution is 7.89. The second kappa shape index (κ2) is 8.23. The van der Waals surface area contributed by atoms with Gasteiger partial charge in [-0.15, -0.1) is 0 Å². The maximum absolute atomic E-state index is 13.4. The van der Waals surface area contributed by atoms with E-state index in [2.05, 4.69) is 11.1 Å². The number of hydrogen-bond donors (Lipinski definition) is 2. The van der Waals surface area contributed by atoms with Crippen LogP contribution in [0.5, 0.6) is 0 Å². The minimum absolute atomic E-state index is 0.00917. The average Bonchev–Trinajstić information content (AvgIpc) is 3.41. The molecule has 1 fully saturated rings. The van der Waals surface area contributed by atoms with Crippen molar-refractivity contribution in [3.63, 3.8) is 0 Å². The highest BCUT2D eigenvalue weighted by Crippen LogP contribution is 2.37. The number of H-pyrrole nitrogens is 1. The van der Waals surface area contributed by atoms with E-state index in [1.54, 1.807) is 18.3 Å². The Balaban J connectivity index is 1.92. The van der Waals surface area contributed by atoms with Crippen molar-refractivity contribution in [1.29, 1.82) is 5.26 Å². The first-order valence-electron chi connectivity index (χ1n) is 10.3. The van der Waals surface area contributed by atoms with E-state index in [4.69, 9.17) is 5.14 Å². The Morgan fingerprint density at radius 2 is 1.88 bits per heavy atom. The molecule has 11 heteroatoms. The van der Waals surface area contributed by atoms with Crippen LogP contribution in [0.2, 0.25) is 0 Å². The fourth-order valence-electron chi connectivity index (χ4n) is 4.36. The predicted molar refractivity (Wildman–Crippen MR) is 125 cm³/mol. The van der Waals surface area contributed by atoms with Crippen LogP contribution in [0.3, 0.4) is 0 Å². The Hall–Kier alpha value is -2.75. The quantitative estimate of drug-likeness (QED) is 0.564. The lowest BCUT2D eigenvalue weighted by Crippen LogP contribution is -2.34.